The number of aromatic nitrogens is 4. The van der Waals surface area contributed by atoms with E-state index in [1.807, 2.05) is 0 Å². The topological polar surface area (TPSA) is 113 Å². The molecule has 0 radical (unpaired) electrons. The minimum absolute atomic E-state index is 0.192. The third-order valence-corrected chi connectivity index (χ3v) is 7.70. The zero-order chi connectivity index (χ0) is 24.3. The molecule has 0 bridgehead atoms. The second kappa shape index (κ2) is 10.8. The number of carbonyl (C=O) groups is 1. The van der Waals surface area contributed by atoms with E-state index in [4.69, 9.17) is 18.9 Å². The summed E-state index contributed by atoms with van der Waals surface area (Å²) in [5.41, 5.74) is 2.18. The lowest BCUT2D eigenvalue weighted by Gasteiger charge is -2.26. The summed E-state index contributed by atoms with van der Waals surface area (Å²) in [6, 6.07) is 8.37. The molecule has 0 spiro atoms. The summed E-state index contributed by atoms with van der Waals surface area (Å²) in [6.45, 7) is 5.09. The first-order valence-corrected chi connectivity index (χ1v) is 13.1. The Bertz CT molecular complexity index is 1020. The second-order valence-electron chi connectivity index (χ2n) is 10.1. The van der Waals surface area contributed by atoms with Gasteiger partial charge in [-0.2, -0.15) is 0 Å². The van der Waals surface area contributed by atoms with Crippen LogP contribution < -0.4 is 5.32 Å². The van der Waals surface area contributed by atoms with E-state index in [1.54, 1.807) is 4.68 Å². The molecule has 1 amide bonds. The van der Waals surface area contributed by atoms with Crippen LogP contribution in [0.15, 0.2) is 24.3 Å². The molecule has 194 valence electrons. The Hall–Kier alpha value is -2.60. The van der Waals surface area contributed by atoms with Crippen LogP contribution in [0, 0.1) is 0 Å². The van der Waals surface area contributed by atoms with Crippen molar-refractivity contribution >= 4 is 6.09 Å². The first kappa shape index (κ1) is 23.8. The molecule has 1 aliphatic carbocycles. The third kappa shape index (κ3) is 5.10. The van der Waals surface area contributed by atoms with Crippen LogP contribution in [0.4, 0.5) is 4.79 Å². The summed E-state index contributed by atoms with van der Waals surface area (Å²) >= 11 is 0. The normalized spacial score (nSPS) is 29.2. The standard InChI is InChI=1S/C25H34N6O5/c32-25(26-19-4-2-1-3-5-19)36-21-16-35-22-20(15-34-23(21)22)31-24(27-28-29-31)18-8-6-17(7-9-18)14-30-10-12-33-13-11-30/h6-9,19-23H,1-5,10-16H2,(H,26,32)/t20-,21-,22-,23+/m1/s1. The minimum atomic E-state index is -0.442. The van der Waals surface area contributed by atoms with Crippen molar-refractivity contribution in [2.45, 2.75) is 69.0 Å². The molecule has 36 heavy (non-hydrogen) atoms. The highest BCUT2D eigenvalue weighted by molar-refractivity contribution is 5.68. The molecule has 3 aliphatic heterocycles. The fourth-order valence-corrected chi connectivity index (χ4v) is 5.72. The van der Waals surface area contributed by atoms with Crippen molar-refractivity contribution in [3.8, 4) is 11.4 Å². The van der Waals surface area contributed by atoms with Gasteiger partial charge in [-0.3, -0.25) is 4.90 Å². The van der Waals surface area contributed by atoms with Crippen LogP contribution in [-0.4, -0.2) is 95.1 Å². The van der Waals surface area contributed by atoms with Gasteiger partial charge in [0.15, 0.2) is 11.9 Å². The van der Waals surface area contributed by atoms with Gasteiger partial charge in [0.25, 0.3) is 0 Å². The Morgan fingerprint density at radius 3 is 2.61 bits per heavy atom. The minimum Gasteiger partial charge on any atom is -0.441 e. The van der Waals surface area contributed by atoms with Gasteiger partial charge in [0.2, 0.25) is 0 Å². The fourth-order valence-electron chi connectivity index (χ4n) is 5.72. The number of fused-ring (bicyclic) bond motifs is 1. The molecule has 4 atom stereocenters. The van der Waals surface area contributed by atoms with Gasteiger partial charge < -0.3 is 24.3 Å². The fraction of sp³-hybridized carbons (Fsp3) is 0.680. The van der Waals surface area contributed by atoms with Gasteiger partial charge >= 0.3 is 6.09 Å². The molecular formula is C25H34N6O5. The number of rotatable bonds is 6. The van der Waals surface area contributed by atoms with Crippen molar-refractivity contribution in [3.05, 3.63) is 29.8 Å². The highest BCUT2D eigenvalue weighted by atomic mass is 16.6. The van der Waals surface area contributed by atoms with Gasteiger partial charge in [0.05, 0.1) is 26.4 Å². The smallest absolute Gasteiger partial charge is 0.407 e. The monoisotopic (exact) mass is 498 g/mol. The van der Waals surface area contributed by atoms with Crippen molar-refractivity contribution in [1.82, 2.24) is 30.4 Å². The summed E-state index contributed by atoms with van der Waals surface area (Å²) in [7, 11) is 0. The predicted molar refractivity (Wildman–Crippen MR) is 128 cm³/mol. The number of amides is 1. The van der Waals surface area contributed by atoms with Crippen LogP contribution in [0.25, 0.3) is 11.4 Å². The molecule has 4 fully saturated rings. The van der Waals surface area contributed by atoms with Gasteiger partial charge in [-0.25, -0.2) is 9.48 Å². The Morgan fingerprint density at radius 1 is 1.03 bits per heavy atom. The molecule has 2 aromatic rings. The van der Waals surface area contributed by atoms with E-state index in [0.717, 1.165) is 64.1 Å². The largest absolute Gasteiger partial charge is 0.441 e. The van der Waals surface area contributed by atoms with E-state index in [-0.39, 0.29) is 30.4 Å². The Labute approximate surface area is 210 Å². The number of morpholine rings is 1. The molecule has 11 nitrogen and oxygen atoms in total. The summed E-state index contributed by atoms with van der Waals surface area (Å²) in [4.78, 5) is 14.9. The summed E-state index contributed by atoms with van der Waals surface area (Å²) in [5.74, 6) is 0.671. The van der Waals surface area contributed by atoms with Crippen molar-refractivity contribution < 1.29 is 23.7 Å². The first-order chi connectivity index (χ1) is 17.7. The Balaban J connectivity index is 1.08. The zero-order valence-electron chi connectivity index (χ0n) is 20.5. The lowest BCUT2D eigenvalue weighted by molar-refractivity contribution is 0.00174. The zero-order valence-corrected chi connectivity index (χ0v) is 20.5. The number of nitrogens with zero attached hydrogens (tertiary/aromatic N) is 5. The molecule has 1 aromatic heterocycles. The SMILES string of the molecule is O=C(NC1CCCCC1)O[C@@H]1CO[C@H]2[C@H]1OC[C@H]2n1nnnc1-c1ccc(CN2CCOCC2)cc1. The molecule has 1 saturated carbocycles. The van der Waals surface area contributed by atoms with Crippen molar-refractivity contribution in [3.63, 3.8) is 0 Å². The summed E-state index contributed by atoms with van der Waals surface area (Å²) in [6.07, 6.45) is 4.12. The number of benzene rings is 1. The first-order valence-electron chi connectivity index (χ1n) is 13.1. The summed E-state index contributed by atoms with van der Waals surface area (Å²) in [5, 5.41) is 15.5. The van der Waals surface area contributed by atoms with E-state index in [9.17, 15) is 4.79 Å². The molecule has 3 saturated heterocycles. The second-order valence-corrected chi connectivity index (χ2v) is 10.1. The average molecular weight is 499 g/mol. The van der Waals surface area contributed by atoms with Crippen LogP contribution in [-0.2, 0) is 25.5 Å². The number of hydrogen-bond acceptors (Lipinski definition) is 9. The number of alkyl carbamates (subject to hydrolysis) is 1. The van der Waals surface area contributed by atoms with Crippen LogP contribution in [0.2, 0.25) is 0 Å². The van der Waals surface area contributed by atoms with E-state index < -0.39 is 6.10 Å². The maximum atomic E-state index is 12.5. The number of hydrogen-bond donors (Lipinski definition) is 1. The van der Waals surface area contributed by atoms with Gasteiger partial charge in [-0.1, -0.05) is 43.5 Å². The van der Waals surface area contributed by atoms with Gasteiger partial charge in [-0.15, -0.1) is 5.10 Å². The van der Waals surface area contributed by atoms with Gasteiger partial charge in [-0.05, 0) is 28.8 Å². The summed E-state index contributed by atoms with van der Waals surface area (Å²) < 4.78 is 25.0. The maximum Gasteiger partial charge on any atom is 0.407 e. The molecule has 11 heteroatoms. The molecular weight excluding hydrogens is 464 g/mol. The lowest BCUT2D eigenvalue weighted by Crippen LogP contribution is -2.41. The number of ether oxygens (including phenoxy) is 4. The molecule has 6 rings (SSSR count). The van der Waals surface area contributed by atoms with Crippen LogP contribution >= 0.6 is 0 Å². The molecule has 0 unspecified atom stereocenters. The Morgan fingerprint density at radius 2 is 1.81 bits per heavy atom. The number of carbonyl (C=O) groups excluding carboxylic acids is 1. The van der Waals surface area contributed by atoms with E-state index >= 15 is 0 Å². The number of tetrazole rings is 1. The highest BCUT2D eigenvalue weighted by Gasteiger charge is 2.51. The van der Waals surface area contributed by atoms with Crippen molar-refractivity contribution in [1.29, 1.82) is 0 Å². The lowest BCUT2D eigenvalue weighted by atomic mass is 9.96. The van der Waals surface area contributed by atoms with Crippen molar-refractivity contribution in [2.75, 3.05) is 39.5 Å². The quantitative estimate of drug-likeness (QED) is 0.638. The van der Waals surface area contributed by atoms with E-state index in [1.165, 1.54) is 12.0 Å². The van der Waals surface area contributed by atoms with E-state index in [2.05, 4.69) is 50.0 Å². The predicted octanol–water partition coefficient (Wildman–Crippen LogP) is 1.94. The maximum absolute atomic E-state index is 12.5. The van der Waals surface area contributed by atoms with Crippen LogP contribution in [0.5, 0.6) is 0 Å². The average Bonchev–Trinajstić information content (AvgIpc) is 3.64. The third-order valence-electron chi connectivity index (χ3n) is 7.70. The van der Waals surface area contributed by atoms with Crippen molar-refractivity contribution in [2.24, 2.45) is 0 Å². The van der Waals surface area contributed by atoms with Gasteiger partial charge in [0, 0.05) is 31.2 Å². The highest BCUT2D eigenvalue weighted by Crippen LogP contribution is 2.37. The number of nitrogens with one attached hydrogen (secondary N) is 1. The van der Waals surface area contributed by atoms with Gasteiger partial charge in [0.1, 0.15) is 18.2 Å². The van der Waals surface area contributed by atoms with E-state index in [0.29, 0.717) is 19.0 Å². The van der Waals surface area contributed by atoms with Crippen LogP contribution in [0.1, 0.15) is 43.7 Å². The van der Waals surface area contributed by atoms with Crippen LogP contribution in [0.3, 0.4) is 0 Å². The molecule has 4 heterocycles. The molecule has 1 N–H and O–H groups in total. The Kier molecular flexibility index (Phi) is 7.13. The molecule has 4 aliphatic rings. The molecule has 1 aromatic carbocycles.